The van der Waals surface area contributed by atoms with Crippen LogP contribution in [0.1, 0.15) is 27.8 Å². The Morgan fingerprint density at radius 1 is 1.14 bits per heavy atom. The predicted molar refractivity (Wildman–Crippen MR) is 99.4 cm³/mol. The molecule has 146 valence electrons. The highest BCUT2D eigenvalue weighted by atomic mass is 19.2. The summed E-state index contributed by atoms with van der Waals surface area (Å²) in [5.41, 5.74) is 5.91. The van der Waals surface area contributed by atoms with Gasteiger partial charge in [-0.1, -0.05) is 6.07 Å². The highest BCUT2D eigenvalue weighted by Crippen LogP contribution is 2.28. The summed E-state index contributed by atoms with van der Waals surface area (Å²) in [7, 11) is 1.64. The molecule has 9 heteroatoms. The van der Waals surface area contributed by atoms with Crippen LogP contribution < -0.4 is 16.4 Å². The third kappa shape index (κ3) is 3.74. The van der Waals surface area contributed by atoms with Gasteiger partial charge in [0.15, 0.2) is 11.6 Å². The molecule has 28 heavy (non-hydrogen) atoms. The molecule has 4 N–H and O–H groups in total. The molecular weight excluding hydrogens is 371 g/mol. The summed E-state index contributed by atoms with van der Waals surface area (Å²) in [5, 5.41) is 6.41. The standard InChI is InChI=1S/C19H18F3N5O/c1-9-25-17-10(18(23)28)4-3-5-11(17)19(26-9)27-16(8-24-2)12-6-14(21)15(22)7-13(12)20/h3-7,16,24H,8H2,1-2H3,(H2,23,28)(H,25,26,27)/t16-/m1/s1. The first-order valence-corrected chi connectivity index (χ1v) is 8.44. The highest BCUT2D eigenvalue weighted by Gasteiger charge is 2.21. The van der Waals surface area contributed by atoms with E-state index in [9.17, 15) is 18.0 Å². The Hall–Kier alpha value is -3.20. The van der Waals surface area contributed by atoms with Crippen LogP contribution in [0, 0.1) is 24.4 Å². The molecular formula is C19H18F3N5O. The molecule has 2 aromatic carbocycles. The maximum atomic E-state index is 14.3. The van der Waals surface area contributed by atoms with Crippen LogP contribution >= 0.6 is 0 Å². The maximum absolute atomic E-state index is 14.3. The van der Waals surface area contributed by atoms with Crippen LogP contribution in [0.4, 0.5) is 19.0 Å². The number of benzene rings is 2. The van der Waals surface area contributed by atoms with Crippen LogP contribution in [0.5, 0.6) is 0 Å². The Kier molecular flexibility index (Phi) is 5.46. The van der Waals surface area contributed by atoms with Gasteiger partial charge in [0.25, 0.3) is 5.91 Å². The van der Waals surface area contributed by atoms with Crippen LogP contribution in [0.15, 0.2) is 30.3 Å². The number of hydrogen-bond acceptors (Lipinski definition) is 5. The molecule has 3 rings (SSSR count). The normalized spacial score (nSPS) is 12.2. The van der Waals surface area contributed by atoms with Gasteiger partial charge in [-0.3, -0.25) is 4.79 Å². The first kappa shape index (κ1) is 19.6. The number of carbonyl (C=O) groups is 1. The third-order valence-corrected chi connectivity index (χ3v) is 4.24. The van der Waals surface area contributed by atoms with Crippen LogP contribution in [0.25, 0.3) is 10.9 Å². The van der Waals surface area contributed by atoms with Crippen LogP contribution in [-0.2, 0) is 0 Å². The van der Waals surface area contributed by atoms with Gasteiger partial charge in [0.1, 0.15) is 17.5 Å². The number of nitrogens with one attached hydrogen (secondary N) is 2. The fraction of sp³-hybridized carbons (Fsp3) is 0.211. The van der Waals surface area contributed by atoms with E-state index in [4.69, 9.17) is 5.73 Å². The Bertz CT molecular complexity index is 1060. The second kappa shape index (κ2) is 7.81. The van der Waals surface area contributed by atoms with Gasteiger partial charge in [-0.15, -0.1) is 0 Å². The number of anilines is 1. The summed E-state index contributed by atoms with van der Waals surface area (Å²) >= 11 is 0. The number of hydrogen-bond donors (Lipinski definition) is 3. The monoisotopic (exact) mass is 389 g/mol. The molecule has 0 aliphatic heterocycles. The number of aromatic nitrogens is 2. The molecule has 0 unspecified atom stereocenters. The fourth-order valence-electron chi connectivity index (χ4n) is 2.99. The molecule has 1 heterocycles. The van der Waals surface area contributed by atoms with E-state index in [0.717, 1.165) is 6.07 Å². The number of nitrogens with two attached hydrogens (primary N) is 1. The lowest BCUT2D eigenvalue weighted by atomic mass is 10.0. The number of rotatable bonds is 6. The zero-order valence-electron chi connectivity index (χ0n) is 15.2. The molecule has 1 atom stereocenters. The van der Waals surface area contributed by atoms with Crippen LogP contribution in [0.2, 0.25) is 0 Å². The molecule has 3 aromatic rings. The number of amides is 1. The SMILES string of the molecule is CNC[C@@H](Nc1nc(C)nc2c(C(N)=O)cccc12)c1cc(F)c(F)cc1F. The molecule has 1 amide bonds. The van der Waals surface area contributed by atoms with E-state index in [1.165, 1.54) is 0 Å². The van der Waals surface area contributed by atoms with Crippen LogP contribution in [-0.4, -0.2) is 29.5 Å². The van der Waals surface area contributed by atoms with E-state index in [0.29, 0.717) is 28.6 Å². The first-order chi connectivity index (χ1) is 13.3. The van der Waals surface area contributed by atoms with Gasteiger partial charge in [-0.25, -0.2) is 23.1 Å². The predicted octanol–water partition coefficient (Wildman–Crippen LogP) is 2.83. The fourth-order valence-corrected chi connectivity index (χ4v) is 2.99. The third-order valence-electron chi connectivity index (χ3n) is 4.24. The van der Waals surface area contributed by atoms with Crippen molar-refractivity contribution >= 4 is 22.6 Å². The van der Waals surface area contributed by atoms with Gasteiger partial charge in [0, 0.05) is 23.6 Å². The van der Waals surface area contributed by atoms with E-state index >= 15 is 0 Å². The molecule has 0 bridgehead atoms. The average molecular weight is 389 g/mol. The zero-order chi connectivity index (χ0) is 20.4. The summed E-state index contributed by atoms with van der Waals surface area (Å²) in [6.45, 7) is 1.83. The van der Waals surface area contributed by atoms with E-state index in [1.54, 1.807) is 32.2 Å². The Balaban J connectivity index is 2.12. The highest BCUT2D eigenvalue weighted by molar-refractivity contribution is 6.07. The largest absolute Gasteiger partial charge is 0.366 e. The molecule has 1 aromatic heterocycles. The number of halogens is 3. The van der Waals surface area contributed by atoms with Crippen molar-refractivity contribution < 1.29 is 18.0 Å². The number of aryl methyl sites for hydroxylation is 1. The molecule has 0 spiro atoms. The van der Waals surface area contributed by atoms with Crippen molar-refractivity contribution in [3.8, 4) is 0 Å². The van der Waals surface area contributed by atoms with Gasteiger partial charge >= 0.3 is 0 Å². The van der Waals surface area contributed by atoms with Gasteiger partial charge in [0.2, 0.25) is 0 Å². The summed E-state index contributed by atoms with van der Waals surface area (Å²) in [6.07, 6.45) is 0. The second-order valence-corrected chi connectivity index (χ2v) is 6.23. The lowest BCUT2D eigenvalue weighted by Gasteiger charge is -2.21. The Morgan fingerprint density at radius 2 is 1.86 bits per heavy atom. The minimum absolute atomic E-state index is 0.0660. The van der Waals surface area contributed by atoms with Gasteiger partial charge in [-0.2, -0.15) is 0 Å². The van der Waals surface area contributed by atoms with Gasteiger partial charge in [0.05, 0.1) is 17.1 Å². The number of likely N-dealkylation sites (N-methyl/N-ethyl adjacent to an activating group) is 1. The Labute approximate surface area is 159 Å². The van der Waals surface area contributed by atoms with E-state index in [-0.39, 0.29) is 17.7 Å². The topological polar surface area (TPSA) is 92.9 Å². The van der Waals surface area contributed by atoms with Gasteiger partial charge in [-0.05, 0) is 32.2 Å². The number of fused-ring (bicyclic) bond motifs is 1. The van der Waals surface area contributed by atoms with Crippen molar-refractivity contribution in [3.05, 3.63) is 64.7 Å². The summed E-state index contributed by atoms with van der Waals surface area (Å²) < 4.78 is 41.3. The summed E-state index contributed by atoms with van der Waals surface area (Å²) in [6, 6.07) is 5.39. The average Bonchev–Trinajstić information content (AvgIpc) is 2.63. The van der Waals surface area contributed by atoms with Crippen molar-refractivity contribution in [2.24, 2.45) is 5.73 Å². The van der Waals surface area contributed by atoms with E-state index in [2.05, 4.69) is 20.6 Å². The molecule has 0 aliphatic rings. The minimum atomic E-state index is -1.26. The molecule has 0 fully saturated rings. The van der Waals surface area contributed by atoms with Crippen molar-refractivity contribution in [2.75, 3.05) is 18.9 Å². The molecule has 0 radical (unpaired) electrons. The molecule has 0 saturated carbocycles. The number of primary amides is 1. The molecule has 6 nitrogen and oxygen atoms in total. The minimum Gasteiger partial charge on any atom is -0.366 e. The lowest BCUT2D eigenvalue weighted by Crippen LogP contribution is -2.25. The van der Waals surface area contributed by atoms with Crippen molar-refractivity contribution in [1.29, 1.82) is 0 Å². The van der Waals surface area contributed by atoms with E-state index in [1.807, 2.05) is 0 Å². The number of carbonyl (C=O) groups excluding carboxylic acids is 1. The Morgan fingerprint density at radius 3 is 2.54 bits per heavy atom. The number of nitrogens with zero attached hydrogens (tertiary/aromatic N) is 2. The number of para-hydroxylation sites is 1. The first-order valence-electron chi connectivity index (χ1n) is 8.44. The quantitative estimate of drug-likeness (QED) is 0.564. The lowest BCUT2D eigenvalue weighted by molar-refractivity contribution is 0.100. The second-order valence-electron chi connectivity index (χ2n) is 6.23. The van der Waals surface area contributed by atoms with Crippen LogP contribution in [0.3, 0.4) is 0 Å². The zero-order valence-corrected chi connectivity index (χ0v) is 15.2. The van der Waals surface area contributed by atoms with E-state index < -0.39 is 29.4 Å². The van der Waals surface area contributed by atoms with Gasteiger partial charge < -0.3 is 16.4 Å². The maximum Gasteiger partial charge on any atom is 0.250 e. The molecule has 0 aliphatic carbocycles. The van der Waals surface area contributed by atoms with Crippen molar-refractivity contribution in [3.63, 3.8) is 0 Å². The summed E-state index contributed by atoms with van der Waals surface area (Å²) in [5.74, 6) is -3.28. The van der Waals surface area contributed by atoms with Crippen molar-refractivity contribution in [2.45, 2.75) is 13.0 Å². The van der Waals surface area contributed by atoms with Crippen molar-refractivity contribution in [1.82, 2.24) is 15.3 Å². The summed E-state index contributed by atoms with van der Waals surface area (Å²) in [4.78, 5) is 20.3. The smallest absolute Gasteiger partial charge is 0.250 e. The molecule has 0 saturated heterocycles.